The maximum absolute atomic E-state index is 13.0. The number of hydrogen-bond acceptors (Lipinski definition) is 3. The smallest absolute Gasteiger partial charge is 0.341 e. The molecule has 2 aromatic heterocycles. The number of fused-ring (bicyclic) bond motifs is 1. The van der Waals surface area contributed by atoms with E-state index in [-0.39, 0.29) is 11.2 Å². The number of aromatic nitrogens is 3. The Morgan fingerprint density at radius 1 is 1.03 bits per heavy atom. The first-order valence-corrected chi connectivity index (χ1v) is 9.67. The van der Waals surface area contributed by atoms with Gasteiger partial charge in [-0.25, -0.2) is 9.78 Å². The van der Waals surface area contributed by atoms with Crippen LogP contribution in [0.3, 0.4) is 0 Å². The Labute approximate surface area is 183 Å². The first-order chi connectivity index (χ1) is 15.2. The quantitative estimate of drug-likeness (QED) is 0.337. The van der Waals surface area contributed by atoms with Crippen LogP contribution in [0.2, 0.25) is 5.02 Å². The molecule has 2 heterocycles. The number of hydrogen-bond donors (Lipinski definition) is 4. The number of amides is 2. The summed E-state index contributed by atoms with van der Waals surface area (Å²) in [6.45, 7) is 0. The van der Waals surface area contributed by atoms with Crippen molar-refractivity contribution in [1.82, 2.24) is 15.0 Å². The van der Waals surface area contributed by atoms with Crippen LogP contribution in [0.5, 0.6) is 0 Å². The third-order valence-electron chi connectivity index (χ3n) is 4.57. The van der Waals surface area contributed by atoms with Crippen LogP contribution in [0.1, 0.15) is 17.0 Å². The maximum atomic E-state index is 13.0. The first kappa shape index (κ1) is 21.4. The molecule has 4 rings (SSSR count). The van der Waals surface area contributed by atoms with Gasteiger partial charge in [-0.15, -0.1) is 0 Å². The van der Waals surface area contributed by atoms with Gasteiger partial charge in [0.25, 0.3) is 5.56 Å². The molecule has 2 aromatic carbocycles. The van der Waals surface area contributed by atoms with E-state index >= 15 is 0 Å². The molecule has 4 N–H and O–H groups in total. The number of anilines is 2. The average Bonchev–Trinajstić information content (AvgIpc) is 3.14. The molecular formula is C21H15ClF3N5O2. The topological polar surface area (TPSA) is 103 Å². The lowest BCUT2D eigenvalue weighted by molar-refractivity contribution is -0.137. The lowest BCUT2D eigenvalue weighted by Crippen LogP contribution is -2.20. The minimum absolute atomic E-state index is 0.0456. The van der Waals surface area contributed by atoms with E-state index in [0.29, 0.717) is 29.0 Å². The van der Waals surface area contributed by atoms with Crippen LogP contribution in [0, 0.1) is 0 Å². The minimum Gasteiger partial charge on any atom is -0.341 e. The number of halogens is 4. The Bertz CT molecular complexity index is 1350. The van der Waals surface area contributed by atoms with Crippen molar-refractivity contribution in [2.75, 3.05) is 10.6 Å². The normalized spacial score (nSPS) is 11.5. The van der Waals surface area contributed by atoms with Gasteiger partial charge in [0.2, 0.25) is 0 Å². The number of carbonyl (C=O) groups is 1. The van der Waals surface area contributed by atoms with E-state index in [0.717, 1.165) is 17.7 Å². The maximum Gasteiger partial charge on any atom is 0.417 e. The number of H-pyrrole nitrogens is 2. The van der Waals surface area contributed by atoms with Crippen LogP contribution in [0.25, 0.3) is 11.0 Å². The summed E-state index contributed by atoms with van der Waals surface area (Å²) < 4.78 is 38.9. The minimum atomic E-state index is -4.63. The molecule has 164 valence electrons. The van der Waals surface area contributed by atoms with Gasteiger partial charge in [-0.3, -0.25) is 4.79 Å². The molecule has 0 saturated heterocycles. The van der Waals surface area contributed by atoms with Crippen LogP contribution in [0.4, 0.5) is 29.3 Å². The zero-order valence-electron chi connectivity index (χ0n) is 16.2. The van der Waals surface area contributed by atoms with E-state index < -0.39 is 22.8 Å². The molecule has 0 saturated carbocycles. The first-order valence-electron chi connectivity index (χ1n) is 9.29. The highest BCUT2D eigenvalue weighted by molar-refractivity contribution is 6.31. The fourth-order valence-corrected chi connectivity index (χ4v) is 3.32. The van der Waals surface area contributed by atoms with Gasteiger partial charge in [-0.1, -0.05) is 23.7 Å². The van der Waals surface area contributed by atoms with Crippen LogP contribution >= 0.6 is 11.6 Å². The van der Waals surface area contributed by atoms with Crippen molar-refractivity contribution in [2.24, 2.45) is 0 Å². The molecule has 0 unspecified atom stereocenters. The predicted octanol–water partition coefficient (Wildman–Crippen LogP) is 5.16. The summed E-state index contributed by atoms with van der Waals surface area (Å²) >= 11 is 5.58. The zero-order chi connectivity index (χ0) is 22.9. The summed E-state index contributed by atoms with van der Waals surface area (Å²) in [4.78, 5) is 33.8. The van der Waals surface area contributed by atoms with E-state index in [1.807, 2.05) is 0 Å². The van der Waals surface area contributed by atoms with Crippen molar-refractivity contribution < 1.29 is 18.0 Å². The van der Waals surface area contributed by atoms with Crippen LogP contribution < -0.4 is 16.2 Å². The van der Waals surface area contributed by atoms with Gasteiger partial charge >= 0.3 is 12.2 Å². The summed E-state index contributed by atoms with van der Waals surface area (Å²) in [5.74, 6) is 0.610. The molecule has 0 aliphatic carbocycles. The monoisotopic (exact) mass is 461 g/mol. The number of imidazole rings is 1. The summed E-state index contributed by atoms with van der Waals surface area (Å²) in [7, 11) is 0. The summed E-state index contributed by atoms with van der Waals surface area (Å²) in [5, 5.41) is 4.45. The summed E-state index contributed by atoms with van der Waals surface area (Å²) in [5.41, 5.74) is 0.919. The molecule has 4 aromatic rings. The number of urea groups is 1. The van der Waals surface area contributed by atoms with Crippen LogP contribution in [-0.2, 0) is 12.6 Å². The summed E-state index contributed by atoms with van der Waals surface area (Å²) in [6.07, 6.45) is -2.66. The van der Waals surface area contributed by atoms with E-state index in [1.165, 1.54) is 12.3 Å². The van der Waals surface area contributed by atoms with Crippen molar-refractivity contribution in [3.05, 3.63) is 87.1 Å². The molecule has 0 radical (unpaired) electrons. The van der Waals surface area contributed by atoms with Gasteiger partial charge in [-0.2, -0.15) is 13.2 Å². The van der Waals surface area contributed by atoms with E-state index in [2.05, 4.69) is 25.6 Å². The van der Waals surface area contributed by atoms with Gasteiger partial charge < -0.3 is 20.6 Å². The molecule has 11 heteroatoms. The molecule has 2 amide bonds. The van der Waals surface area contributed by atoms with Crippen molar-refractivity contribution in [1.29, 1.82) is 0 Å². The number of rotatable bonds is 4. The zero-order valence-corrected chi connectivity index (χ0v) is 16.9. The highest BCUT2D eigenvalue weighted by Crippen LogP contribution is 2.36. The highest BCUT2D eigenvalue weighted by atomic mass is 35.5. The molecule has 0 spiro atoms. The molecule has 0 atom stereocenters. The van der Waals surface area contributed by atoms with Gasteiger partial charge in [-0.05, 0) is 42.0 Å². The number of carbonyl (C=O) groups excluding carboxylic acids is 1. The number of aromatic amines is 2. The Morgan fingerprint density at radius 3 is 2.41 bits per heavy atom. The predicted molar refractivity (Wildman–Crippen MR) is 115 cm³/mol. The second kappa shape index (κ2) is 8.39. The van der Waals surface area contributed by atoms with Crippen molar-refractivity contribution >= 4 is 40.0 Å². The third-order valence-corrected chi connectivity index (χ3v) is 4.90. The fraction of sp³-hybridized carbons (Fsp3) is 0.0952. The van der Waals surface area contributed by atoms with Crippen molar-refractivity contribution in [3.63, 3.8) is 0 Å². The number of benzene rings is 2. The van der Waals surface area contributed by atoms with Crippen molar-refractivity contribution in [3.8, 4) is 0 Å². The van der Waals surface area contributed by atoms with E-state index in [4.69, 9.17) is 11.6 Å². The Morgan fingerprint density at radius 2 is 1.72 bits per heavy atom. The van der Waals surface area contributed by atoms with Crippen molar-refractivity contribution in [2.45, 2.75) is 12.6 Å². The standard InChI is InChI=1S/C21H15ClF3N5O2/c22-15-6-5-13(10-14(15)21(23,24)25)28-20(32)27-12-3-1-11(2-4-12)9-17-29-16-7-8-26-19(31)18(16)30-17/h1-8,10H,9H2,(H,26,31)(H,29,30)(H2,27,28,32). The second-order valence-corrected chi connectivity index (χ2v) is 7.30. The SMILES string of the molecule is O=C(Nc1ccc(Cc2nc3c(=O)[nH]ccc3[nH]2)cc1)Nc1ccc(Cl)c(C(F)(F)F)c1. The average molecular weight is 462 g/mol. The Kier molecular flexibility index (Phi) is 5.62. The van der Waals surface area contributed by atoms with Crippen LogP contribution in [0.15, 0.2) is 59.5 Å². The summed E-state index contributed by atoms with van der Waals surface area (Å²) in [6, 6.07) is 10.9. The molecule has 0 aliphatic rings. The molecular weight excluding hydrogens is 447 g/mol. The number of nitrogens with zero attached hydrogens (tertiary/aromatic N) is 1. The van der Waals surface area contributed by atoms with E-state index in [1.54, 1.807) is 30.3 Å². The van der Waals surface area contributed by atoms with Gasteiger partial charge in [0.05, 0.1) is 16.1 Å². The number of nitrogens with one attached hydrogen (secondary N) is 4. The molecule has 0 bridgehead atoms. The highest BCUT2D eigenvalue weighted by Gasteiger charge is 2.33. The number of pyridine rings is 1. The van der Waals surface area contributed by atoms with Crippen LogP contribution in [-0.4, -0.2) is 21.0 Å². The van der Waals surface area contributed by atoms with E-state index in [9.17, 15) is 22.8 Å². The fourth-order valence-electron chi connectivity index (χ4n) is 3.10. The molecule has 0 fully saturated rings. The second-order valence-electron chi connectivity index (χ2n) is 6.90. The number of alkyl halides is 3. The Hall–Kier alpha value is -3.79. The largest absolute Gasteiger partial charge is 0.417 e. The van der Waals surface area contributed by atoms with Gasteiger partial charge in [0, 0.05) is 24.0 Å². The van der Waals surface area contributed by atoms with Gasteiger partial charge in [0.1, 0.15) is 5.82 Å². The molecule has 0 aliphatic heterocycles. The lowest BCUT2D eigenvalue weighted by Gasteiger charge is -2.12. The van der Waals surface area contributed by atoms with Gasteiger partial charge in [0.15, 0.2) is 5.52 Å². The Balaban J connectivity index is 1.40. The third kappa shape index (κ3) is 4.75. The molecule has 32 heavy (non-hydrogen) atoms. The lowest BCUT2D eigenvalue weighted by atomic mass is 10.1. The molecule has 7 nitrogen and oxygen atoms in total.